The zero-order valence-corrected chi connectivity index (χ0v) is 11.6. The van der Waals surface area contributed by atoms with Crippen LogP contribution in [0.5, 0.6) is 0 Å². The number of aryl methyl sites for hydroxylation is 2. The molecule has 100 valence electrons. The fraction of sp³-hybridized carbons (Fsp3) is 0.600. The largest absolute Gasteiger partial charge is 0.523 e. The highest BCUT2D eigenvalue weighted by Crippen LogP contribution is 2.52. The van der Waals surface area contributed by atoms with Crippen molar-refractivity contribution in [2.45, 2.75) is 38.5 Å². The van der Waals surface area contributed by atoms with E-state index in [-0.39, 0.29) is 11.3 Å². The van der Waals surface area contributed by atoms with Crippen LogP contribution in [0.4, 0.5) is 0 Å². The van der Waals surface area contributed by atoms with Crippen molar-refractivity contribution in [1.82, 2.24) is 9.78 Å². The van der Waals surface area contributed by atoms with Crippen LogP contribution in [0.15, 0.2) is 17.7 Å². The number of rotatable bonds is 0. The number of allylic oxidation sites excluding steroid dienone is 2. The van der Waals surface area contributed by atoms with Crippen LogP contribution < -0.4 is 0 Å². The van der Waals surface area contributed by atoms with Crippen molar-refractivity contribution < 1.29 is 5.11 Å². The van der Waals surface area contributed by atoms with Gasteiger partial charge in [0.05, 0.1) is 18.0 Å². The third kappa shape index (κ3) is 1.54. The Kier molecular flexibility index (Phi) is 2.50. The summed E-state index contributed by atoms with van der Waals surface area (Å²) in [6.07, 6.45) is 4.79. The van der Waals surface area contributed by atoms with Crippen molar-refractivity contribution in [3.8, 4) is 0 Å². The van der Waals surface area contributed by atoms with Gasteiger partial charge in [0.2, 0.25) is 5.70 Å². The molecule has 3 atom stereocenters. The highest BCUT2D eigenvalue weighted by Gasteiger charge is 2.49. The molecule has 0 fully saturated rings. The second-order valence-corrected chi connectivity index (χ2v) is 6.15. The number of hydrogen-bond donors (Lipinski definition) is 1. The Hall–Kier alpha value is -1.76. The first-order valence-electron chi connectivity index (χ1n) is 6.80. The van der Waals surface area contributed by atoms with Gasteiger partial charge in [-0.3, -0.25) is 4.68 Å². The minimum absolute atomic E-state index is 0.0537. The maximum absolute atomic E-state index is 10.2. The fourth-order valence-electron chi connectivity index (χ4n) is 4.01. The van der Waals surface area contributed by atoms with E-state index in [1.165, 1.54) is 5.56 Å². The smallest absolute Gasteiger partial charge is 0.203 e. The molecule has 3 rings (SSSR count). The van der Waals surface area contributed by atoms with Gasteiger partial charge in [0.25, 0.3) is 0 Å². The Morgan fingerprint density at radius 2 is 2.32 bits per heavy atom. The lowest BCUT2D eigenvalue weighted by Crippen LogP contribution is -2.44. The predicted octanol–water partition coefficient (Wildman–Crippen LogP) is 2.97. The summed E-state index contributed by atoms with van der Waals surface area (Å²) in [5.41, 5.74) is 2.84. The maximum atomic E-state index is 10.2. The van der Waals surface area contributed by atoms with Gasteiger partial charge in [0.15, 0.2) is 0 Å². The van der Waals surface area contributed by atoms with E-state index in [0.29, 0.717) is 23.8 Å². The molecule has 4 nitrogen and oxygen atoms in total. The summed E-state index contributed by atoms with van der Waals surface area (Å²) in [4.78, 5) is 3.54. The zero-order valence-electron chi connectivity index (χ0n) is 11.6. The number of hydrogen-bond acceptors (Lipinski definition) is 2. The SMILES string of the molecule is [C-]#[N+]C1=C(O)[C@@H](C)[C@@H]2CCc3cn(C)nc3[C@@]2(C)C1. The molecule has 19 heavy (non-hydrogen) atoms. The number of nitrogens with zero attached hydrogens (tertiary/aromatic N) is 3. The number of aromatic nitrogens is 2. The topological polar surface area (TPSA) is 42.4 Å². The van der Waals surface area contributed by atoms with Gasteiger partial charge in [-0.2, -0.15) is 5.10 Å². The van der Waals surface area contributed by atoms with E-state index >= 15 is 0 Å². The van der Waals surface area contributed by atoms with Gasteiger partial charge in [0, 0.05) is 24.6 Å². The first-order chi connectivity index (χ1) is 8.97. The molecule has 1 aromatic heterocycles. The van der Waals surface area contributed by atoms with Gasteiger partial charge in [0.1, 0.15) is 0 Å². The highest BCUT2D eigenvalue weighted by molar-refractivity contribution is 5.37. The van der Waals surface area contributed by atoms with E-state index in [4.69, 9.17) is 6.57 Å². The van der Waals surface area contributed by atoms with Gasteiger partial charge in [-0.25, -0.2) is 4.85 Å². The third-order valence-electron chi connectivity index (χ3n) is 4.99. The minimum atomic E-state index is -0.111. The molecule has 1 aromatic rings. The molecule has 0 radical (unpaired) electrons. The normalized spacial score (nSPS) is 33.6. The minimum Gasteiger partial charge on any atom is -0.523 e. The quantitative estimate of drug-likeness (QED) is 0.726. The van der Waals surface area contributed by atoms with Gasteiger partial charge < -0.3 is 5.11 Å². The monoisotopic (exact) mass is 257 g/mol. The lowest BCUT2D eigenvalue weighted by atomic mass is 9.58. The number of aliphatic hydroxyl groups is 1. The summed E-state index contributed by atoms with van der Waals surface area (Å²) in [6, 6.07) is 0. The van der Waals surface area contributed by atoms with Gasteiger partial charge >= 0.3 is 0 Å². The summed E-state index contributed by atoms with van der Waals surface area (Å²) < 4.78 is 1.87. The van der Waals surface area contributed by atoms with Crippen LogP contribution >= 0.6 is 0 Å². The van der Waals surface area contributed by atoms with Crippen molar-refractivity contribution in [3.63, 3.8) is 0 Å². The van der Waals surface area contributed by atoms with Crippen LogP contribution in [0.25, 0.3) is 4.85 Å². The molecule has 0 aromatic carbocycles. The van der Waals surface area contributed by atoms with Crippen LogP contribution in [-0.2, 0) is 18.9 Å². The molecule has 1 N–H and O–H groups in total. The highest BCUT2D eigenvalue weighted by atomic mass is 16.3. The van der Waals surface area contributed by atoms with Crippen molar-refractivity contribution in [2.24, 2.45) is 18.9 Å². The molecule has 2 aliphatic carbocycles. The molecular formula is C15H19N3O. The Morgan fingerprint density at radius 1 is 1.58 bits per heavy atom. The fourth-order valence-corrected chi connectivity index (χ4v) is 4.01. The van der Waals surface area contributed by atoms with E-state index in [0.717, 1.165) is 18.5 Å². The van der Waals surface area contributed by atoms with Crippen LogP contribution in [-0.4, -0.2) is 14.9 Å². The molecule has 0 spiro atoms. The summed E-state index contributed by atoms with van der Waals surface area (Å²) in [7, 11) is 1.95. The molecule has 0 saturated carbocycles. The Balaban J connectivity index is 2.16. The van der Waals surface area contributed by atoms with E-state index in [1.807, 2.05) is 18.7 Å². The summed E-state index contributed by atoms with van der Waals surface area (Å²) in [5.74, 6) is 0.732. The molecule has 1 heterocycles. The second kappa shape index (κ2) is 3.86. The second-order valence-electron chi connectivity index (χ2n) is 6.15. The molecular weight excluding hydrogens is 238 g/mol. The first kappa shape index (κ1) is 12.3. The first-order valence-corrected chi connectivity index (χ1v) is 6.80. The van der Waals surface area contributed by atoms with Crippen molar-refractivity contribution in [1.29, 1.82) is 0 Å². The average molecular weight is 257 g/mol. The van der Waals surface area contributed by atoms with Crippen LogP contribution in [0.1, 0.15) is 37.9 Å². The Labute approximate surface area is 113 Å². The zero-order chi connectivity index (χ0) is 13.8. The van der Waals surface area contributed by atoms with Crippen LogP contribution in [0.2, 0.25) is 0 Å². The van der Waals surface area contributed by atoms with Gasteiger partial charge in [-0.1, -0.05) is 13.8 Å². The van der Waals surface area contributed by atoms with Crippen molar-refractivity contribution in [3.05, 3.63) is 40.3 Å². The summed E-state index contributed by atoms with van der Waals surface area (Å²) in [5, 5.41) is 14.8. The van der Waals surface area contributed by atoms with Crippen molar-refractivity contribution in [2.75, 3.05) is 0 Å². The van der Waals surface area contributed by atoms with Gasteiger partial charge in [-0.05, 0) is 30.7 Å². The van der Waals surface area contributed by atoms with Crippen LogP contribution in [0.3, 0.4) is 0 Å². The van der Waals surface area contributed by atoms with E-state index in [1.54, 1.807) is 0 Å². The molecule has 0 saturated heterocycles. The molecule has 0 amide bonds. The maximum Gasteiger partial charge on any atom is 0.203 e. The lowest BCUT2D eigenvalue weighted by Gasteiger charge is -2.46. The molecule has 0 bridgehead atoms. The Bertz CT molecular complexity index is 607. The van der Waals surface area contributed by atoms with E-state index in [9.17, 15) is 5.11 Å². The van der Waals surface area contributed by atoms with Crippen LogP contribution in [0, 0.1) is 18.4 Å². The van der Waals surface area contributed by atoms with E-state index < -0.39 is 0 Å². The predicted molar refractivity (Wildman–Crippen MR) is 72.4 cm³/mol. The van der Waals surface area contributed by atoms with Crippen molar-refractivity contribution >= 4 is 0 Å². The molecule has 2 aliphatic rings. The standard InChI is InChI=1S/C15H19N3O/c1-9-11-6-5-10-8-18(4)17-14(10)15(11,2)7-12(16-3)13(9)19/h8-9,11,19H,5-7H2,1-2,4H3/t9-,11-,15-/m0/s1. The number of fused-ring (bicyclic) bond motifs is 3. The molecule has 0 aliphatic heterocycles. The number of aliphatic hydroxyl groups excluding tert-OH is 1. The average Bonchev–Trinajstić information content (AvgIpc) is 2.76. The molecule has 4 heteroatoms. The third-order valence-corrected chi connectivity index (χ3v) is 4.99. The summed E-state index contributed by atoms with van der Waals surface area (Å²) in [6.45, 7) is 11.5. The lowest BCUT2D eigenvalue weighted by molar-refractivity contribution is 0.135. The van der Waals surface area contributed by atoms with Gasteiger partial charge in [-0.15, -0.1) is 0 Å². The molecule has 0 unspecified atom stereocenters. The van der Waals surface area contributed by atoms with E-state index in [2.05, 4.69) is 23.1 Å². The Morgan fingerprint density at radius 3 is 3.00 bits per heavy atom. The summed E-state index contributed by atoms with van der Waals surface area (Å²) >= 11 is 0.